The van der Waals surface area contributed by atoms with Crippen LogP contribution in [0.5, 0.6) is 0 Å². The van der Waals surface area contributed by atoms with Crippen LogP contribution in [0, 0.1) is 0 Å². The van der Waals surface area contributed by atoms with Crippen molar-refractivity contribution in [3.8, 4) is 0 Å². The Bertz CT molecular complexity index is 418. The molecule has 2 heteroatoms. The maximum atomic E-state index is 10.2. The molecule has 0 amide bonds. The van der Waals surface area contributed by atoms with Crippen LogP contribution in [-0.4, -0.2) is 16.3 Å². The Kier molecular flexibility index (Phi) is 3.28. The van der Waals surface area contributed by atoms with E-state index in [9.17, 15) is 5.21 Å². The summed E-state index contributed by atoms with van der Waals surface area (Å²) >= 11 is 0. The number of hydrogen-bond acceptors (Lipinski definition) is 2. The zero-order valence-corrected chi connectivity index (χ0v) is 12.2. The number of nitrogens with zero attached hydrogens (tertiary/aromatic N) is 1. The average molecular weight is 247 g/mol. The minimum atomic E-state index is -0.226. The van der Waals surface area contributed by atoms with E-state index in [-0.39, 0.29) is 17.0 Å². The molecule has 18 heavy (non-hydrogen) atoms. The molecule has 100 valence electrons. The van der Waals surface area contributed by atoms with E-state index in [1.807, 2.05) is 0 Å². The first-order valence-corrected chi connectivity index (χ1v) is 6.84. The minimum Gasteiger partial charge on any atom is -0.313 e. The topological polar surface area (TPSA) is 23.5 Å². The van der Waals surface area contributed by atoms with Gasteiger partial charge in [0.2, 0.25) is 0 Å². The fourth-order valence-corrected chi connectivity index (χ4v) is 2.82. The number of hydroxylamine groups is 2. The molecule has 2 atom stereocenters. The summed E-state index contributed by atoms with van der Waals surface area (Å²) in [6, 6.07) is 8.97. The average Bonchev–Trinajstić information content (AvgIpc) is 2.58. The van der Waals surface area contributed by atoms with E-state index >= 15 is 0 Å². The van der Waals surface area contributed by atoms with Crippen molar-refractivity contribution in [1.82, 2.24) is 5.06 Å². The lowest BCUT2D eigenvalue weighted by Crippen LogP contribution is -2.39. The molecule has 0 radical (unpaired) electrons. The van der Waals surface area contributed by atoms with E-state index in [0.29, 0.717) is 0 Å². The van der Waals surface area contributed by atoms with Gasteiger partial charge in [0.1, 0.15) is 0 Å². The monoisotopic (exact) mass is 247 g/mol. The molecule has 0 spiro atoms. The second-order valence-corrected chi connectivity index (χ2v) is 6.83. The summed E-state index contributed by atoms with van der Waals surface area (Å²) in [6.07, 6.45) is 2.06. The van der Waals surface area contributed by atoms with Gasteiger partial charge >= 0.3 is 0 Å². The summed E-state index contributed by atoms with van der Waals surface area (Å²) in [5.74, 6) is 0. The van der Waals surface area contributed by atoms with Crippen molar-refractivity contribution < 1.29 is 5.21 Å². The molecule has 0 aliphatic carbocycles. The Morgan fingerprint density at radius 1 is 1.22 bits per heavy atom. The summed E-state index contributed by atoms with van der Waals surface area (Å²) in [6.45, 7) is 10.9. The van der Waals surface area contributed by atoms with Gasteiger partial charge in [0, 0.05) is 6.04 Å². The predicted molar refractivity (Wildman–Crippen MR) is 74.8 cm³/mol. The molecule has 1 aromatic carbocycles. The molecular formula is C16H25NO. The Balaban J connectivity index is 2.30. The van der Waals surface area contributed by atoms with Crippen LogP contribution in [0.4, 0.5) is 0 Å². The van der Waals surface area contributed by atoms with Gasteiger partial charge in [-0.05, 0) is 43.2 Å². The van der Waals surface area contributed by atoms with Crippen molar-refractivity contribution in [3.05, 3.63) is 35.4 Å². The molecule has 0 aromatic heterocycles. The van der Waals surface area contributed by atoms with Crippen LogP contribution in [0.25, 0.3) is 0 Å². The first kappa shape index (κ1) is 13.6. The first-order valence-electron chi connectivity index (χ1n) is 6.84. The van der Waals surface area contributed by atoms with E-state index < -0.39 is 0 Å². The fourth-order valence-electron chi connectivity index (χ4n) is 2.82. The molecule has 1 fully saturated rings. The molecule has 0 bridgehead atoms. The second kappa shape index (κ2) is 4.36. The van der Waals surface area contributed by atoms with E-state index in [2.05, 4.69) is 58.9 Å². The van der Waals surface area contributed by atoms with Gasteiger partial charge in [-0.3, -0.25) is 0 Å². The smallest absolute Gasteiger partial charge is 0.0684 e. The number of benzene rings is 1. The van der Waals surface area contributed by atoms with E-state index in [0.717, 1.165) is 12.8 Å². The highest BCUT2D eigenvalue weighted by molar-refractivity contribution is 5.32. The van der Waals surface area contributed by atoms with Crippen LogP contribution < -0.4 is 0 Å². The Morgan fingerprint density at radius 2 is 1.78 bits per heavy atom. The van der Waals surface area contributed by atoms with Gasteiger partial charge in [0.05, 0.1) is 5.54 Å². The molecule has 1 aliphatic rings. The SMILES string of the molecule is C[C@@H]1CC[C@@](C)(c2ccc(C(C)(C)C)cc2)N1O. The molecule has 1 heterocycles. The zero-order valence-electron chi connectivity index (χ0n) is 12.2. The molecule has 1 saturated heterocycles. The van der Waals surface area contributed by atoms with Crippen molar-refractivity contribution in [1.29, 1.82) is 0 Å². The molecule has 2 nitrogen and oxygen atoms in total. The highest BCUT2D eigenvalue weighted by atomic mass is 16.5. The Hall–Kier alpha value is -0.860. The lowest BCUT2D eigenvalue weighted by atomic mass is 9.84. The van der Waals surface area contributed by atoms with Crippen molar-refractivity contribution in [2.24, 2.45) is 0 Å². The highest BCUT2D eigenvalue weighted by Crippen LogP contribution is 2.40. The summed E-state index contributed by atoms with van der Waals surface area (Å²) in [4.78, 5) is 0. The van der Waals surface area contributed by atoms with Gasteiger partial charge in [0.15, 0.2) is 0 Å². The van der Waals surface area contributed by atoms with Crippen molar-refractivity contribution >= 4 is 0 Å². The quantitative estimate of drug-likeness (QED) is 0.808. The van der Waals surface area contributed by atoms with Crippen LogP contribution in [0.3, 0.4) is 0 Å². The van der Waals surface area contributed by atoms with Gasteiger partial charge < -0.3 is 5.21 Å². The third-order valence-corrected chi connectivity index (χ3v) is 4.34. The molecule has 1 N–H and O–H groups in total. The maximum Gasteiger partial charge on any atom is 0.0684 e. The number of rotatable bonds is 1. The van der Waals surface area contributed by atoms with Gasteiger partial charge in [-0.15, -0.1) is 0 Å². The third-order valence-electron chi connectivity index (χ3n) is 4.34. The van der Waals surface area contributed by atoms with E-state index in [1.165, 1.54) is 16.2 Å². The van der Waals surface area contributed by atoms with Gasteiger partial charge in [-0.2, -0.15) is 5.06 Å². The predicted octanol–water partition coefficient (Wildman–Crippen LogP) is 4.07. The Morgan fingerprint density at radius 3 is 2.17 bits per heavy atom. The van der Waals surface area contributed by atoms with Crippen molar-refractivity contribution in [2.75, 3.05) is 0 Å². The highest BCUT2D eigenvalue weighted by Gasteiger charge is 2.41. The van der Waals surface area contributed by atoms with Crippen LogP contribution >= 0.6 is 0 Å². The molecule has 2 rings (SSSR count). The summed E-state index contributed by atoms with van der Waals surface area (Å²) in [5, 5.41) is 11.8. The van der Waals surface area contributed by atoms with Crippen molar-refractivity contribution in [3.63, 3.8) is 0 Å². The van der Waals surface area contributed by atoms with Crippen LogP contribution in [0.1, 0.15) is 58.6 Å². The second-order valence-electron chi connectivity index (χ2n) is 6.83. The molecule has 1 aliphatic heterocycles. The zero-order chi connectivity index (χ0) is 13.6. The maximum absolute atomic E-state index is 10.2. The lowest BCUT2D eigenvalue weighted by Gasteiger charge is -2.33. The Labute approximate surface area is 111 Å². The van der Waals surface area contributed by atoms with Gasteiger partial charge in [-0.1, -0.05) is 45.0 Å². The van der Waals surface area contributed by atoms with Crippen LogP contribution in [-0.2, 0) is 11.0 Å². The summed E-state index contributed by atoms with van der Waals surface area (Å²) in [5.41, 5.74) is 2.50. The van der Waals surface area contributed by atoms with Crippen LogP contribution in [0.2, 0.25) is 0 Å². The van der Waals surface area contributed by atoms with Gasteiger partial charge in [-0.25, -0.2) is 0 Å². The van der Waals surface area contributed by atoms with Crippen LogP contribution in [0.15, 0.2) is 24.3 Å². The molecule has 0 unspecified atom stereocenters. The third kappa shape index (κ3) is 2.19. The summed E-state index contributed by atoms with van der Waals surface area (Å²) in [7, 11) is 0. The summed E-state index contributed by atoms with van der Waals surface area (Å²) < 4.78 is 0. The van der Waals surface area contributed by atoms with E-state index in [1.54, 1.807) is 0 Å². The minimum absolute atomic E-state index is 0.182. The molecule has 0 saturated carbocycles. The lowest BCUT2D eigenvalue weighted by molar-refractivity contribution is -0.169. The number of hydrogen-bond donors (Lipinski definition) is 1. The fraction of sp³-hybridized carbons (Fsp3) is 0.625. The molecule has 1 aromatic rings. The molecular weight excluding hydrogens is 222 g/mol. The van der Waals surface area contributed by atoms with E-state index in [4.69, 9.17) is 0 Å². The van der Waals surface area contributed by atoms with Gasteiger partial charge in [0.25, 0.3) is 0 Å². The standard InChI is InChI=1S/C16H25NO/c1-12-10-11-16(5,17(12)18)14-8-6-13(7-9-14)15(2,3)4/h6-9,12,18H,10-11H2,1-5H3/t12-,16+/m1/s1. The first-order chi connectivity index (χ1) is 8.25. The largest absolute Gasteiger partial charge is 0.313 e. The normalized spacial score (nSPS) is 29.8. The van der Waals surface area contributed by atoms with Crippen molar-refractivity contribution in [2.45, 2.75) is 64.5 Å².